The summed E-state index contributed by atoms with van der Waals surface area (Å²) >= 11 is 0. The van der Waals surface area contributed by atoms with Crippen molar-refractivity contribution in [1.29, 1.82) is 0 Å². The molecule has 0 radical (unpaired) electrons. The third kappa shape index (κ3) is 11.7. The van der Waals surface area contributed by atoms with E-state index in [1.54, 1.807) is 36.4 Å². The van der Waals surface area contributed by atoms with E-state index >= 15 is 0 Å². The van der Waals surface area contributed by atoms with Crippen LogP contribution in [0.5, 0.6) is 11.5 Å². The lowest BCUT2D eigenvalue weighted by molar-refractivity contribution is 0.106. The second-order valence-corrected chi connectivity index (χ2v) is 11.4. The van der Waals surface area contributed by atoms with Crippen LogP contribution in [0.4, 0.5) is 16.2 Å². The van der Waals surface area contributed by atoms with Crippen molar-refractivity contribution in [1.82, 2.24) is 10.6 Å². The molecule has 0 fully saturated rings. The minimum Gasteiger partial charge on any atom is -0.508 e. The number of carbonyl (C=O) groups is 1. The van der Waals surface area contributed by atoms with E-state index < -0.39 is 16.1 Å². The van der Waals surface area contributed by atoms with E-state index in [0.717, 1.165) is 31.2 Å². The van der Waals surface area contributed by atoms with Crippen LogP contribution in [-0.2, 0) is 16.4 Å². The number of anilines is 2. The van der Waals surface area contributed by atoms with E-state index in [1.165, 1.54) is 24.3 Å². The minimum atomic E-state index is -3.80. The molecule has 0 aliphatic carbocycles. The molecule has 1 atom stereocenters. The van der Waals surface area contributed by atoms with Gasteiger partial charge >= 0.3 is 6.03 Å². The van der Waals surface area contributed by atoms with Crippen LogP contribution in [0.25, 0.3) is 0 Å². The summed E-state index contributed by atoms with van der Waals surface area (Å²) in [7, 11) is -3.80. The molecule has 11 heteroatoms. The first-order valence-electron chi connectivity index (χ1n) is 13.8. The van der Waals surface area contributed by atoms with Gasteiger partial charge in [0.1, 0.15) is 24.2 Å². The summed E-state index contributed by atoms with van der Waals surface area (Å²) in [5.41, 5.74) is 1.95. The van der Waals surface area contributed by atoms with Crippen LogP contribution in [0.2, 0.25) is 0 Å². The third-order valence-corrected chi connectivity index (χ3v) is 7.59. The van der Waals surface area contributed by atoms with Crippen molar-refractivity contribution < 1.29 is 28.2 Å². The largest absolute Gasteiger partial charge is 0.508 e. The predicted molar refractivity (Wildman–Crippen MR) is 161 cm³/mol. The quantitative estimate of drug-likeness (QED) is 0.128. The fourth-order valence-electron chi connectivity index (χ4n) is 3.90. The van der Waals surface area contributed by atoms with Crippen LogP contribution in [0.3, 0.4) is 0 Å². The van der Waals surface area contributed by atoms with Gasteiger partial charge in [0.05, 0.1) is 4.90 Å². The van der Waals surface area contributed by atoms with Crippen LogP contribution < -0.4 is 25.4 Å². The number of aliphatic hydroxyl groups excluding tert-OH is 1. The Labute approximate surface area is 242 Å². The van der Waals surface area contributed by atoms with Crippen LogP contribution in [0.15, 0.2) is 77.7 Å². The van der Waals surface area contributed by atoms with E-state index in [-0.39, 0.29) is 23.3 Å². The highest BCUT2D eigenvalue weighted by molar-refractivity contribution is 7.92. The zero-order valence-corrected chi connectivity index (χ0v) is 24.1. The summed E-state index contributed by atoms with van der Waals surface area (Å²) in [6, 6.07) is 19.1. The molecule has 3 aromatic rings. The molecule has 0 spiro atoms. The monoisotopic (exact) mass is 584 g/mol. The molecule has 3 aromatic carbocycles. The highest BCUT2D eigenvalue weighted by Crippen LogP contribution is 2.19. The van der Waals surface area contributed by atoms with E-state index in [2.05, 4.69) is 27.6 Å². The average molecular weight is 585 g/mol. The summed E-state index contributed by atoms with van der Waals surface area (Å²) in [6.07, 6.45) is 4.27. The number of phenolic OH excluding ortho intramolecular Hbond substituents is 1. The number of benzene rings is 3. The Hall–Kier alpha value is -3.80. The first-order chi connectivity index (χ1) is 19.7. The van der Waals surface area contributed by atoms with Crippen molar-refractivity contribution in [3.05, 3.63) is 78.4 Å². The molecule has 2 amide bonds. The van der Waals surface area contributed by atoms with Gasteiger partial charge in [-0.25, -0.2) is 13.2 Å². The molecule has 0 saturated heterocycles. The van der Waals surface area contributed by atoms with Crippen LogP contribution >= 0.6 is 0 Å². The van der Waals surface area contributed by atoms with Gasteiger partial charge in [-0.1, -0.05) is 38.3 Å². The third-order valence-electron chi connectivity index (χ3n) is 6.19. The summed E-state index contributed by atoms with van der Waals surface area (Å²) in [4.78, 5) is 12.1. The van der Waals surface area contributed by atoms with Gasteiger partial charge in [0, 0.05) is 24.5 Å². The molecule has 0 unspecified atom stereocenters. The Bertz CT molecular complexity index is 1300. The number of hydrogen-bond donors (Lipinski definition) is 6. The topological polar surface area (TPSA) is 149 Å². The number of rotatable bonds is 17. The zero-order chi connectivity index (χ0) is 29.5. The number of sulfonamides is 1. The Morgan fingerprint density at radius 1 is 0.878 bits per heavy atom. The number of nitrogens with one attached hydrogen (secondary N) is 4. The first kappa shape index (κ1) is 31.7. The molecule has 0 saturated carbocycles. The number of carbonyl (C=O) groups excluding carboxylic acids is 1. The second kappa shape index (κ2) is 16.5. The molecule has 10 nitrogen and oxygen atoms in total. The number of ether oxygens (including phenoxy) is 1. The van der Waals surface area contributed by atoms with E-state index in [9.17, 15) is 23.4 Å². The van der Waals surface area contributed by atoms with Gasteiger partial charge in [-0.2, -0.15) is 0 Å². The molecule has 0 heterocycles. The predicted octanol–water partition coefficient (Wildman–Crippen LogP) is 4.47. The van der Waals surface area contributed by atoms with Crippen molar-refractivity contribution in [2.24, 2.45) is 0 Å². The Balaban J connectivity index is 1.37. The molecule has 0 aliphatic heterocycles. The lowest BCUT2D eigenvalue weighted by atomic mass is 10.1. The van der Waals surface area contributed by atoms with Crippen LogP contribution in [0, 0.1) is 0 Å². The molecular formula is C30H40N4O6S. The van der Waals surface area contributed by atoms with Gasteiger partial charge in [0.15, 0.2) is 0 Å². The highest BCUT2D eigenvalue weighted by atomic mass is 32.2. The SMILES string of the molecule is CCCCCCNC(=O)Nc1ccc(S(=O)(=O)Nc2ccc(CCNC[C@H](O)COc3ccc(O)cc3)cc2)cc1. The van der Waals surface area contributed by atoms with Crippen molar-refractivity contribution in [2.45, 2.75) is 50.0 Å². The second-order valence-electron chi connectivity index (χ2n) is 9.68. The number of amides is 2. The van der Waals surface area contributed by atoms with E-state index in [0.29, 0.717) is 43.2 Å². The van der Waals surface area contributed by atoms with E-state index in [1.807, 2.05) is 12.1 Å². The molecular weight excluding hydrogens is 544 g/mol. The van der Waals surface area contributed by atoms with Crippen molar-refractivity contribution in [2.75, 3.05) is 36.3 Å². The maximum Gasteiger partial charge on any atom is 0.319 e. The van der Waals surface area contributed by atoms with Gasteiger partial charge < -0.3 is 30.9 Å². The van der Waals surface area contributed by atoms with Crippen molar-refractivity contribution in [3.63, 3.8) is 0 Å². The summed E-state index contributed by atoms with van der Waals surface area (Å²) in [5.74, 6) is 0.721. The molecule has 222 valence electrons. The Morgan fingerprint density at radius 2 is 1.56 bits per heavy atom. The lowest BCUT2D eigenvalue weighted by Crippen LogP contribution is -2.32. The number of aliphatic hydroxyl groups is 1. The van der Waals surface area contributed by atoms with Crippen LogP contribution in [-0.4, -0.2) is 57.0 Å². The van der Waals surface area contributed by atoms with Gasteiger partial charge in [0.2, 0.25) is 0 Å². The number of unbranched alkanes of at least 4 members (excludes halogenated alkanes) is 3. The normalized spacial score (nSPS) is 12.0. The van der Waals surface area contributed by atoms with Crippen molar-refractivity contribution in [3.8, 4) is 11.5 Å². The summed E-state index contributed by atoms with van der Waals surface area (Å²) in [6.45, 7) is 3.83. The maximum atomic E-state index is 12.8. The average Bonchev–Trinajstić information content (AvgIpc) is 2.96. The van der Waals surface area contributed by atoms with Gasteiger partial charge in [-0.15, -0.1) is 0 Å². The Morgan fingerprint density at radius 3 is 2.24 bits per heavy atom. The minimum absolute atomic E-state index is 0.0873. The summed E-state index contributed by atoms with van der Waals surface area (Å²) < 4.78 is 33.7. The van der Waals surface area contributed by atoms with E-state index in [4.69, 9.17) is 4.74 Å². The highest BCUT2D eigenvalue weighted by Gasteiger charge is 2.14. The molecule has 41 heavy (non-hydrogen) atoms. The maximum absolute atomic E-state index is 12.8. The number of hydrogen-bond acceptors (Lipinski definition) is 7. The first-order valence-corrected chi connectivity index (χ1v) is 15.3. The molecule has 0 aromatic heterocycles. The molecule has 0 aliphatic rings. The molecule has 3 rings (SSSR count). The van der Waals surface area contributed by atoms with Gasteiger partial charge in [-0.05, 0) is 85.6 Å². The van der Waals surface area contributed by atoms with Gasteiger partial charge in [-0.3, -0.25) is 4.72 Å². The molecule has 6 N–H and O–H groups in total. The summed E-state index contributed by atoms with van der Waals surface area (Å²) in [5, 5.41) is 28.1. The lowest BCUT2D eigenvalue weighted by Gasteiger charge is -2.13. The standard InChI is InChI=1S/C30H40N4O6S/c1-2-3-4-5-19-32-30(37)33-24-10-16-29(17-11-24)41(38,39)34-25-8-6-23(7-9-25)18-20-31-21-27(36)22-40-28-14-12-26(35)13-15-28/h6-17,27,31,34-36H,2-5,18-22H2,1H3,(H2,32,33,37)/t27-/m0/s1. The van der Waals surface area contributed by atoms with Crippen LogP contribution in [0.1, 0.15) is 38.2 Å². The molecule has 0 bridgehead atoms. The van der Waals surface area contributed by atoms with Gasteiger partial charge in [0.25, 0.3) is 10.0 Å². The fraction of sp³-hybridized carbons (Fsp3) is 0.367. The number of phenols is 1. The fourth-order valence-corrected chi connectivity index (χ4v) is 4.95. The number of urea groups is 1. The van der Waals surface area contributed by atoms with Crippen molar-refractivity contribution >= 4 is 27.4 Å². The smallest absolute Gasteiger partial charge is 0.319 e. The zero-order valence-electron chi connectivity index (χ0n) is 23.3. The Kier molecular flexibility index (Phi) is 12.7. The number of aromatic hydroxyl groups is 1.